The summed E-state index contributed by atoms with van der Waals surface area (Å²) in [4.78, 5) is 16.6. The zero-order valence-electron chi connectivity index (χ0n) is 18.1. The number of hydrogen-bond donors (Lipinski definition) is 2. The molecule has 0 aromatic heterocycles. The van der Waals surface area contributed by atoms with E-state index in [0.717, 1.165) is 51.9 Å². The second-order valence-electron chi connectivity index (χ2n) is 9.33. The number of nitrogens with zero attached hydrogens (tertiary/aromatic N) is 2. The molecule has 3 aliphatic rings. The Bertz CT molecular complexity index is 808. The molecule has 0 saturated carbocycles. The first-order chi connectivity index (χ1) is 14.4. The highest BCUT2D eigenvalue weighted by molar-refractivity contribution is 5.92. The topological polar surface area (TPSA) is 73.2 Å². The van der Waals surface area contributed by atoms with E-state index < -0.39 is 11.7 Å². The summed E-state index contributed by atoms with van der Waals surface area (Å²) in [7, 11) is 0. The van der Waals surface area contributed by atoms with E-state index in [2.05, 4.69) is 4.90 Å². The average molecular weight is 415 g/mol. The highest BCUT2D eigenvalue weighted by Crippen LogP contribution is 2.48. The van der Waals surface area contributed by atoms with Crippen LogP contribution in [0.1, 0.15) is 69.5 Å². The first-order valence-electron chi connectivity index (χ1n) is 11.3. The Kier molecular flexibility index (Phi) is 6.07. The largest absolute Gasteiger partial charge is 0.507 e. The van der Waals surface area contributed by atoms with E-state index >= 15 is 0 Å². The van der Waals surface area contributed by atoms with Crippen LogP contribution in [0.15, 0.2) is 18.2 Å². The molecule has 6 heteroatoms. The number of piperidine rings is 2. The van der Waals surface area contributed by atoms with Crippen molar-refractivity contribution >= 4 is 12.0 Å². The lowest BCUT2D eigenvalue weighted by molar-refractivity contribution is -0.126. The van der Waals surface area contributed by atoms with Crippen LogP contribution in [-0.2, 0) is 4.79 Å². The lowest BCUT2D eigenvalue weighted by atomic mass is 9.83. The van der Waals surface area contributed by atoms with E-state index in [1.165, 1.54) is 12.8 Å². The molecule has 2 saturated heterocycles. The minimum atomic E-state index is -0.761. The van der Waals surface area contributed by atoms with Crippen molar-refractivity contribution in [3.63, 3.8) is 0 Å². The molecule has 2 fully saturated rings. The number of carbonyl (C=O) groups is 1. The quantitative estimate of drug-likeness (QED) is 0.741. The maximum atomic E-state index is 12.5. The summed E-state index contributed by atoms with van der Waals surface area (Å²) in [5.41, 5.74) is 0.469. The highest BCUT2D eigenvalue weighted by Gasteiger charge is 2.47. The van der Waals surface area contributed by atoms with Crippen LogP contribution in [0.4, 0.5) is 0 Å². The molecular formula is C24H34N2O4. The summed E-state index contributed by atoms with van der Waals surface area (Å²) in [6.45, 7) is 7.16. The Morgan fingerprint density at radius 2 is 1.70 bits per heavy atom. The van der Waals surface area contributed by atoms with E-state index in [4.69, 9.17) is 4.74 Å². The van der Waals surface area contributed by atoms with E-state index in [-0.39, 0.29) is 17.7 Å². The van der Waals surface area contributed by atoms with Crippen LogP contribution in [-0.4, -0.2) is 63.8 Å². The minimum absolute atomic E-state index is 0.0168. The Labute approximate surface area is 179 Å². The number of aromatic hydroxyl groups is 1. The van der Waals surface area contributed by atoms with E-state index in [9.17, 15) is 15.0 Å². The number of ether oxygens (including phenoxy) is 1. The standard InChI is InChI=1S/C24H34N2O4/c1-24(2)23(29)21(26-15-7-4-8-16-26)20-18(30-24)11-9-17(22(20)28)10-12-19(27)25-13-5-3-6-14-25/h9-12,21,23,28-29H,3-8,13-16H2,1-2H3/b12-10+/t21-,23+/m0/s1. The third-order valence-corrected chi connectivity index (χ3v) is 6.75. The van der Waals surface area contributed by atoms with Crippen molar-refractivity contribution in [2.45, 2.75) is 70.1 Å². The van der Waals surface area contributed by atoms with Crippen molar-refractivity contribution < 1.29 is 19.7 Å². The predicted octanol–water partition coefficient (Wildman–Crippen LogP) is 3.48. The molecule has 2 N–H and O–H groups in total. The molecule has 2 atom stereocenters. The molecule has 0 spiro atoms. The van der Waals surface area contributed by atoms with Crippen LogP contribution in [0, 0.1) is 0 Å². The predicted molar refractivity (Wildman–Crippen MR) is 116 cm³/mol. The molecule has 1 aromatic carbocycles. The van der Waals surface area contributed by atoms with Crippen molar-refractivity contribution in [3.8, 4) is 11.5 Å². The number of aliphatic hydroxyl groups excluding tert-OH is 1. The second kappa shape index (κ2) is 8.60. The number of phenols is 1. The van der Waals surface area contributed by atoms with Gasteiger partial charge in [0.2, 0.25) is 5.91 Å². The molecule has 0 unspecified atom stereocenters. The second-order valence-corrected chi connectivity index (χ2v) is 9.33. The average Bonchev–Trinajstić information content (AvgIpc) is 2.75. The Morgan fingerprint density at radius 1 is 1.07 bits per heavy atom. The summed E-state index contributed by atoms with van der Waals surface area (Å²) < 4.78 is 6.07. The number of likely N-dealkylation sites (tertiary alicyclic amines) is 2. The molecule has 30 heavy (non-hydrogen) atoms. The van der Waals surface area contributed by atoms with E-state index in [0.29, 0.717) is 16.9 Å². The van der Waals surface area contributed by atoms with Gasteiger partial charge in [0, 0.05) is 24.7 Å². The van der Waals surface area contributed by atoms with Gasteiger partial charge < -0.3 is 19.8 Å². The molecule has 0 bridgehead atoms. The van der Waals surface area contributed by atoms with Gasteiger partial charge in [-0.25, -0.2) is 0 Å². The van der Waals surface area contributed by atoms with Gasteiger partial charge in [-0.15, -0.1) is 0 Å². The third-order valence-electron chi connectivity index (χ3n) is 6.75. The maximum Gasteiger partial charge on any atom is 0.246 e. The Balaban J connectivity index is 1.65. The molecule has 164 valence electrons. The number of fused-ring (bicyclic) bond motifs is 1. The van der Waals surface area contributed by atoms with Crippen LogP contribution >= 0.6 is 0 Å². The number of amides is 1. The minimum Gasteiger partial charge on any atom is -0.507 e. The number of aliphatic hydroxyl groups is 1. The van der Waals surface area contributed by atoms with E-state index in [1.807, 2.05) is 24.8 Å². The van der Waals surface area contributed by atoms with Crippen LogP contribution < -0.4 is 4.74 Å². The number of phenolic OH excluding ortho intramolecular Hbond substituents is 1. The smallest absolute Gasteiger partial charge is 0.246 e. The van der Waals surface area contributed by atoms with Crippen molar-refractivity contribution in [2.24, 2.45) is 0 Å². The van der Waals surface area contributed by atoms with Gasteiger partial charge in [-0.05, 0) is 77.2 Å². The van der Waals surface area contributed by atoms with Crippen LogP contribution in [0.2, 0.25) is 0 Å². The molecule has 0 radical (unpaired) electrons. The first kappa shape index (κ1) is 21.2. The Hall–Kier alpha value is -2.05. The zero-order chi connectivity index (χ0) is 21.3. The maximum absolute atomic E-state index is 12.5. The molecule has 3 aliphatic heterocycles. The zero-order valence-corrected chi connectivity index (χ0v) is 18.1. The van der Waals surface area contributed by atoms with Gasteiger partial charge in [0.05, 0.1) is 11.6 Å². The summed E-state index contributed by atoms with van der Waals surface area (Å²) in [6.07, 6.45) is 9.12. The number of rotatable bonds is 3. The van der Waals surface area contributed by atoms with Crippen LogP contribution in [0.25, 0.3) is 6.08 Å². The van der Waals surface area contributed by atoms with Gasteiger partial charge in [-0.2, -0.15) is 0 Å². The van der Waals surface area contributed by atoms with Gasteiger partial charge in [0.15, 0.2) is 0 Å². The highest BCUT2D eigenvalue weighted by atomic mass is 16.5. The lowest BCUT2D eigenvalue weighted by Gasteiger charge is -2.47. The van der Waals surface area contributed by atoms with Crippen molar-refractivity contribution in [1.29, 1.82) is 0 Å². The first-order valence-corrected chi connectivity index (χ1v) is 11.3. The fraction of sp³-hybridized carbons (Fsp3) is 0.625. The molecule has 3 heterocycles. The van der Waals surface area contributed by atoms with Gasteiger partial charge in [-0.1, -0.05) is 6.42 Å². The monoisotopic (exact) mass is 414 g/mol. The molecular weight excluding hydrogens is 380 g/mol. The molecule has 0 aliphatic carbocycles. The van der Waals surface area contributed by atoms with Crippen LogP contribution in [0.3, 0.4) is 0 Å². The van der Waals surface area contributed by atoms with Gasteiger partial charge in [-0.3, -0.25) is 9.69 Å². The van der Waals surface area contributed by atoms with Gasteiger partial charge >= 0.3 is 0 Å². The normalized spacial score (nSPS) is 27.0. The van der Waals surface area contributed by atoms with E-state index in [1.54, 1.807) is 18.2 Å². The summed E-state index contributed by atoms with van der Waals surface area (Å²) in [5, 5.41) is 22.3. The van der Waals surface area contributed by atoms with Gasteiger partial charge in [0.25, 0.3) is 0 Å². The van der Waals surface area contributed by atoms with Crippen molar-refractivity contribution in [3.05, 3.63) is 29.3 Å². The molecule has 4 rings (SSSR count). The number of benzene rings is 1. The third kappa shape index (κ3) is 4.08. The Morgan fingerprint density at radius 3 is 2.37 bits per heavy atom. The summed E-state index contributed by atoms with van der Waals surface area (Å²) in [6, 6.07) is 3.31. The fourth-order valence-electron chi connectivity index (χ4n) is 4.96. The molecule has 6 nitrogen and oxygen atoms in total. The summed E-state index contributed by atoms with van der Waals surface area (Å²) in [5.74, 6) is 0.690. The molecule has 1 aromatic rings. The van der Waals surface area contributed by atoms with Gasteiger partial charge in [0.1, 0.15) is 23.2 Å². The van der Waals surface area contributed by atoms with Crippen molar-refractivity contribution in [2.75, 3.05) is 26.2 Å². The fourth-order valence-corrected chi connectivity index (χ4v) is 4.96. The SMILES string of the molecule is CC1(C)Oc2ccc(/C=C/C(=O)N3CCCCC3)c(O)c2[C@H](N2CCCCC2)[C@H]1O. The molecule has 1 amide bonds. The van der Waals surface area contributed by atoms with Crippen LogP contribution in [0.5, 0.6) is 11.5 Å². The number of hydrogen-bond acceptors (Lipinski definition) is 5. The van der Waals surface area contributed by atoms with Crippen molar-refractivity contribution in [1.82, 2.24) is 9.80 Å². The lowest BCUT2D eigenvalue weighted by Crippen LogP contribution is -2.54. The number of carbonyl (C=O) groups excluding carboxylic acids is 1. The summed E-state index contributed by atoms with van der Waals surface area (Å²) >= 11 is 0.